The monoisotopic (exact) mass is 182 g/mol. The van der Waals surface area contributed by atoms with E-state index in [0.717, 1.165) is 5.56 Å². The largest absolute Gasteiger partial charge is 0.395 e. The van der Waals surface area contributed by atoms with Crippen LogP contribution in [0.15, 0.2) is 41.9 Å². The molecule has 64 valence electrons. The van der Waals surface area contributed by atoms with E-state index >= 15 is 0 Å². The number of aliphatic hydroxyl groups excluding tert-OH is 1. The first-order chi connectivity index (χ1) is 5.75. The first-order valence-electron chi connectivity index (χ1n) is 3.76. The van der Waals surface area contributed by atoms with E-state index in [9.17, 15) is 0 Å². The lowest BCUT2D eigenvalue weighted by molar-refractivity contribution is 0.282. The summed E-state index contributed by atoms with van der Waals surface area (Å²) in [5, 5.41) is 9.48. The Kier molecular flexibility index (Phi) is 3.32. The fraction of sp³-hybridized carbons (Fsp3) is 0.200. The summed E-state index contributed by atoms with van der Waals surface area (Å²) in [4.78, 5) is 0. The molecular weight excluding hydrogens is 172 g/mol. The van der Waals surface area contributed by atoms with Gasteiger partial charge in [-0.2, -0.15) is 0 Å². The highest BCUT2D eigenvalue weighted by Crippen LogP contribution is 2.24. The average Bonchev–Trinajstić information content (AvgIpc) is 2.07. The van der Waals surface area contributed by atoms with Gasteiger partial charge < -0.3 is 5.11 Å². The third kappa shape index (κ3) is 2.10. The fourth-order valence-corrected chi connectivity index (χ4v) is 1.27. The maximum atomic E-state index is 9.00. The Morgan fingerprint density at radius 3 is 2.42 bits per heavy atom. The Balaban J connectivity index is 2.88. The number of hydrogen-bond acceptors (Lipinski definition) is 1. The summed E-state index contributed by atoms with van der Waals surface area (Å²) >= 11 is 5.72. The highest BCUT2D eigenvalue weighted by atomic mass is 35.5. The molecule has 2 heteroatoms. The molecule has 1 unspecified atom stereocenters. The Hall–Kier alpha value is -0.790. The maximum absolute atomic E-state index is 9.00. The van der Waals surface area contributed by atoms with Crippen molar-refractivity contribution in [1.82, 2.24) is 0 Å². The summed E-state index contributed by atoms with van der Waals surface area (Å²) in [6.07, 6.45) is 0. The van der Waals surface area contributed by atoms with Crippen molar-refractivity contribution in [1.29, 1.82) is 0 Å². The fourth-order valence-electron chi connectivity index (χ4n) is 1.07. The van der Waals surface area contributed by atoms with Crippen LogP contribution in [0.3, 0.4) is 0 Å². The van der Waals surface area contributed by atoms with Gasteiger partial charge >= 0.3 is 0 Å². The zero-order valence-corrected chi connectivity index (χ0v) is 7.46. The van der Waals surface area contributed by atoms with Crippen molar-refractivity contribution >= 4 is 11.6 Å². The van der Waals surface area contributed by atoms with Crippen molar-refractivity contribution in [3.8, 4) is 0 Å². The van der Waals surface area contributed by atoms with Gasteiger partial charge in [0.15, 0.2) is 0 Å². The smallest absolute Gasteiger partial charge is 0.0548 e. The van der Waals surface area contributed by atoms with Gasteiger partial charge in [0.1, 0.15) is 0 Å². The normalized spacial score (nSPS) is 12.5. The van der Waals surface area contributed by atoms with Crippen LogP contribution in [0.4, 0.5) is 0 Å². The Bertz CT molecular complexity index is 256. The Labute approximate surface area is 77.3 Å². The lowest BCUT2D eigenvalue weighted by Gasteiger charge is -2.11. The van der Waals surface area contributed by atoms with E-state index in [1.54, 1.807) is 0 Å². The van der Waals surface area contributed by atoms with Crippen LogP contribution in [-0.4, -0.2) is 11.7 Å². The number of hydrogen-bond donors (Lipinski definition) is 1. The third-order valence-electron chi connectivity index (χ3n) is 1.76. The second kappa shape index (κ2) is 4.29. The van der Waals surface area contributed by atoms with Crippen molar-refractivity contribution in [2.75, 3.05) is 6.61 Å². The minimum absolute atomic E-state index is 0.00630. The van der Waals surface area contributed by atoms with Gasteiger partial charge in [0.2, 0.25) is 0 Å². The predicted molar refractivity (Wildman–Crippen MR) is 51.3 cm³/mol. The standard InChI is InChI=1S/C10H11ClO/c1-8(11)10(7-12)9-5-3-2-4-6-9/h2-6,10,12H,1,7H2. The van der Waals surface area contributed by atoms with Gasteiger partial charge in [-0.05, 0) is 5.56 Å². The number of halogens is 1. The molecule has 0 spiro atoms. The molecule has 1 rings (SSSR count). The van der Waals surface area contributed by atoms with Gasteiger partial charge in [0, 0.05) is 11.0 Å². The molecule has 0 heterocycles. The second-order valence-corrected chi connectivity index (χ2v) is 3.08. The molecule has 0 radical (unpaired) electrons. The minimum atomic E-state index is -0.145. The van der Waals surface area contributed by atoms with Crippen LogP contribution in [0, 0.1) is 0 Å². The highest BCUT2D eigenvalue weighted by Gasteiger charge is 2.11. The van der Waals surface area contributed by atoms with Crippen molar-refractivity contribution in [2.24, 2.45) is 0 Å². The highest BCUT2D eigenvalue weighted by molar-refractivity contribution is 6.30. The van der Waals surface area contributed by atoms with Gasteiger partial charge in [0.05, 0.1) is 6.61 Å². The molecular formula is C10H11ClO. The van der Waals surface area contributed by atoms with Crippen LogP contribution in [0.2, 0.25) is 0 Å². The molecule has 1 atom stereocenters. The summed E-state index contributed by atoms with van der Waals surface area (Å²) in [6, 6.07) is 9.60. The van der Waals surface area contributed by atoms with Crippen LogP contribution < -0.4 is 0 Å². The summed E-state index contributed by atoms with van der Waals surface area (Å²) in [7, 11) is 0. The van der Waals surface area contributed by atoms with E-state index in [4.69, 9.17) is 16.7 Å². The van der Waals surface area contributed by atoms with Crippen LogP contribution >= 0.6 is 11.6 Å². The zero-order chi connectivity index (χ0) is 8.97. The third-order valence-corrected chi connectivity index (χ3v) is 2.03. The molecule has 1 aromatic carbocycles. The van der Waals surface area contributed by atoms with Gasteiger partial charge in [-0.25, -0.2) is 0 Å². The van der Waals surface area contributed by atoms with Gasteiger partial charge in [-0.1, -0.05) is 48.5 Å². The van der Waals surface area contributed by atoms with Gasteiger partial charge in [0.25, 0.3) is 0 Å². The van der Waals surface area contributed by atoms with E-state index in [1.165, 1.54) is 0 Å². The molecule has 12 heavy (non-hydrogen) atoms. The minimum Gasteiger partial charge on any atom is -0.395 e. The Morgan fingerprint density at radius 2 is 2.00 bits per heavy atom. The van der Waals surface area contributed by atoms with Crippen molar-refractivity contribution < 1.29 is 5.11 Å². The van der Waals surface area contributed by atoms with Crippen LogP contribution in [0.5, 0.6) is 0 Å². The lowest BCUT2D eigenvalue weighted by atomic mass is 10.0. The van der Waals surface area contributed by atoms with Crippen molar-refractivity contribution in [3.05, 3.63) is 47.5 Å². The van der Waals surface area contributed by atoms with E-state index in [0.29, 0.717) is 5.03 Å². The second-order valence-electron chi connectivity index (χ2n) is 2.59. The SMILES string of the molecule is C=C(Cl)C(CO)c1ccccc1. The van der Waals surface area contributed by atoms with Crippen molar-refractivity contribution in [2.45, 2.75) is 5.92 Å². The molecule has 1 N–H and O–H groups in total. The van der Waals surface area contributed by atoms with Crippen molar-refractivity contribution in [3.63, 3.8) is 0 Å². The van der Waals surface area contributed by atoms with Gasteiger partial charge in [-0.3, -0.25) is 0 Å². The van der Waals surface area contributed by atoms with E-state index in [1.807, 2.05) is 30.3 Å². The molecule has 0 fully saturated rings. The molecule has 0 aliphatic carbocycles. The first-order valence-corrected chi connectivity index (χ1v) is 4.13. The van der Waals surface area contributed by atoms with E-state index in [-0.39, 0.29) is 12.5 Å². The average molecular weight is 183 g/mol. The maximum Gasteiger partial charge on any atom is 0.0548 e. The summed E-state index contributed by atoms with van der Waals surface area (Å²) in [5.41, 5.74) is 1.00. The first kappa shape index (κ1) is 9.30. The quantitative estimate of drug-likeness (QED) is 0.762. The molecule has 0 saturated carbocycles. The molecule has 0 aromatic heterocycles. The van der Waals surface area contributed by atoms with E-state index < -0.39 is 0 Å². The molecule has 1 nitrogen and oxygen atoms in total. The molecule has 0 aliphatic heterocycles. The number of rotatable bonds is 3. The van der Waals surface area contributed by atoms with E-state index in [2.05, 4.69) is 6.58 Å². The molecule has 1 aromatic rings. The molecule has 0 amide bonds. The molecule has 0 aliphatic rings. The van der Waals surface area contributed by atoms with Gasteiger partial charge in [-0.15, -0.1) is 0 Å². The van der Waals surface area contributed by atoms with Crippen LogP contribution in [0.25, 0.3) is 0 Å². The molecule has 0 bridgehead atoms. The summed E-state index contributed by atoms with van der Waals surface area (Å²) in [5.74, 6) is -0.145. The zero-order valence-electron chi connectivity index (χ0n) is 6.70. The number of benzene rings is 1. The number of aliphatic hydroxyl groups is 1. The van der Waals surface area contributed by atoms with Crippen LogP contribution in [-0.2, 0) is 0 Å². The van der Waals surface area contributed by atoms with Crippen LogP contribution in [0.1, 0.15) is 11.5 Å². The predicted octanol–water partition coefficient (Wildman–Crippen LogP) is 2.52. The molecule has 0 saturated heterocycles. The lowest BCUT2D eigenvalue weighted by Crippen LogP contribution is -2.02. The summed E-state index contributed by atoms with van der Waals surface area (Å²) < 4.78 is 0. The Morgan fingerprint density at radius 1 is 1.42 bits per heavy atom. The topological polar surface area (TPSA) is 20.2 Å². The summed E-state index contributed by atoms with van der Waals surface area (Å²) in [6.45, 7) is 3.61.